The summed E-state index contributed by atoms with van der Waals surface area (Å²) in [7, 11) is 0. The molecule has 3 rings (SSSR count). The maximum atomic E-state index is 12.5. The number of nitrogens with one attached hydrogen (secondary N) is 1. The topological polar surface area (TPSA) is 77.0 Å². The summed E-state index contributed by atoms with van der Waals surface area (Å²) < 4.78 is 11.9. The first kappa shape index (κ1) is 23.5. The summed E-state index contributed by atoms with van der Waals surface area (Å²) in [6.45, 7) is 3.49. The lowest BCUT2D eigenvalue weighted by atomic mass is 10.1. The molecule has 0 radical (unpaired) electrons. The number of halogens is 2. The molecule has 0 bridgehead atoms. The summed E-state index contributed by atoms with van der Waals surface area (Å²) in [5, 5.41) is 4.48. The van der Waals surface area contributed by atoms with Gasteiger partial charge in [-0.15, -0.1) is 0 Å². The molecule has 3 aromatic rings. The summed E-state index contributed by atoms with van der Waals surface area (Å²) in [6, 6.07) is 19.0. The molecule has 0 aliphatic carbocycles. The van der Waals surface area contributed by atoms with Gasteiger partial charge >= 0.3 is 5.97 Å². The second kappa shape index (κ2) is 10.9. The van der Waals surface area contributed by atoms with E-state index in [0.717, 1.165) is 10.0 Å². The van der Waals surface area contributed by atoms with Crippen molar-refractivity contribution in [3.8, 4) is 11.5 Å². The quantitative estimate of drug-likeness (QED) is 0.194. The van der Waals surface area contributed by atoms with Crippen LogP contribution in [0.5, 0.6) is 11.5 Å². The van der Waals surface area contributed by atoms with Crippen LogP contribution in [0, 0.1) is 6.92 Å². The molecule has 0 heterocycles. The predicted molar refractivity (Wildman–Crippen MR) is 128 cm³/mol. The van der Waals surface area contributed by atoms with Gasteiger partial charge in [0, 0.05) is 15.1 Å². The number of benzene rings is 3. The van der Waals surface area contributed by atoms with E-state index in [4.69, 9.17) is 21.1 Å². The summed E-state index contributed by atoms with van der Waals surface area (Å²) >= 11 is 9.31. The molecular formula is C24H20BrClN2O4. The lowest BCUT2D eigenvalue weighted by Crippen LogP contribution is -2.33. The van der Waals surface area contributed by atoms with Crippen LogP contribution in [0.2, 0.25) is 5.02 Å². The van der Waals surface area contributed by atoms with E-state index in [1.54, 1.807) is 67.6 Å². The molecule has 8 heteroatoms. The van der Waals surface area contributed by atoms with Crippen LogP contribution in [0.3, 0.4) is 0 Å². The van der Waals surface area contributed by atoms with Crippen molar-refractivity contribution in [2.75, 3.05) is 0 Å². The molecule has 0 fully saturated rings. The fraction of sp³-hybridized carbons (Fsp3) is 0.125. The smallest absolute Gasteiger partial charge is 0.343 e. The third-order valence-corrected chi connectivity index (χ3v) is 5.01. The van der Waals surface area contributed by atoms with E-state index in [-0.39, 0.29) is 0 Å². The van der Waals surface area contributed by atoms with Crippen LogP contribution < -0.4 is 14.9 Å². The van der Waals surface area contributed by atoms with Gasteiger partial charge in [0.2, 0.25) is 0 Å². The van der Waals surface area contributed by atoms with Crippen LogP contribution in [0.4, 0.5) is 0 Å². The number of aryl methyl sites for hydroxylation is 1. The maximum absolute atomic E-state index is 12.5. The SMILES string of the molecule is Cc1cccc(C(=O)Oc2ccc(Br)cc2C=NNC(=O)C(C)Oc2cccc(Cl)c2)c1. The van der Waals surface area contributed by atoms with E-state index < -0.39 is 18.0 Å². The number of carbonyl (C=O) groups excluding carboxylic acids is 2. The lowest BCUT2D eigenvalue weighted by Gasteiger charge is -2.13. The molecule has 6 nitrogen and oxygen atoms in total. The largest absolute Gasteiger partial charge is 0.481 e. The van der Waals surface area contributed by atoms with Crippen molar-refractivity contribution in [2.24, 2.45) is 5.10 Å². The Labute approximate surface area is 199 Å². The van der Waals surface area contributed by atoms with Gasteiger partial charge in [-0.2, -0.15) is 5.10 Å². The minimum atomic E-state index is -0.799. The summed E-state index contributed by atoms with van der Waals surface area (Å²) in [5.41, 5.74) is 4.32. The van der Waals surface area contributed by atoms with Gasteiger partial charge in [-0.25, -0.2) is 10.2 Å². The second-order valence-corrected chi connectivity index (χ2v) is 8.24. The normalized spacial score (nSPS) is 11.8. The van der Waals surface area contributed by atoms with Gasteiger partial charge in [-0.05, 0) is 62.4 Å². The van der Waals surface area contributed by atoms with Crippen LogP contribution in [-0.4, -0.2) is 24.2 Å². The van der Waals surface area contributed by atoms with Crippen molar-refractivity contribution >= 4 is 45.6 Å². The van der Waals surface area contributed by atoms with Gasteiger partial charge in [0.25, 0.3) is 5.91 Å². The summed E-state index contributed by atoms with van der Waals surface area (Å²) in [6.07, 6.45) is 0.597. The number of carbonyl (C=O) groups is 2. The predicted octanol–water partition coefficient (Wildman–Crippen LogP) is 5.55. The number of hydrazone groups is 1. The highest BCUT2D eigenvalue weighted by molar-refractivity contribution is 9.10. The van der Waals surface area contributed by atoms with Gasteiger partial charge in [0.15, 0.2) is 6.10 Å². The Balaban J connectivity index is 1.66. The van der Waals surface area contributed by atoms with Gasteiger partial charge < -0.3 is 9.47 Å². The monoisotopic (exact) mass is 514 g/mol. The molecule has 164 valence electrons. The standard InChI is InChI=1S/C24H20BrClN2O4/c1-15-5-3-6-17(11-15)24(30)32-22-10-9-19(25)12-18(22)14-27-28-23(29)16(2)31-21-8-4-7-20(26)13-21/h3-14,16H,1-2H3,(H,28,29). The van der Waals surface area contributed by atoms with E-state index in [9.17, 15) is 9.59 Å². The number of nitrogens with zero attached hydrogens (tertiary/aromatic N) is 1. The second-order valence-electron chi connectivity index (χ2n) is 6.89. The molecule has 1 unspecified atom stereocenters. The highest BCUT2D eigenvalue weighted by Gasteiger charge is 2.15. The molecule has 0 aliphatic heterocycles. The average molecular weight is 516 g/mol. The van der Waals surface area contributed by atoms with E-state index >= 15 is 0 Å². The first-order chi connectivity index (χ1) is 15.3. The molecule has 3 aromatic carbocycles. The third kappa shape index (κ3) is 6.67. The van der Waals surface area contributed by atoms with Crippen LogP contribution in [0.15, 0.2) is 76.3 Å². The minimum absolute atomic E-state index is 0.306. The Morgan fingerprint density at radius 1 is 1.09 bits per heavy atom. The molecule has 0 spiro atoms. The fourth-order valence-electron chi connectivity index (χ4n) is 2.70. The number of amides is 1. The zero-order chi connectivity index (χ0) is 23.1. The molecule has 0 aliphatic rings. The van der Waals surface area contributed by atoms with Crippen molar-refractivity contribution in [1.82, 2.24) is 5.43 Å². The Hall–Kier alpha value is -3.16. The Bertz CT molecular complexity index is 1170. The summed E-state index contributed by atoms with van der Waals surface area (Å²) in [5.74, 6) is -0.157. The zero-order valence-electron chi connectivity index (χ0n) is 17.3. The highest BCUT2D eigenvalue weighted by Crippen LogP contribution is 2.23. The average Bonchev–Trinajstić information content (AvgIpc) is 2.75. The molecular weight excluding hydrogens is 496 g/mol. The lowest BCUT2D eigenvalue weighted by molar-refractivity contribution is -0.127. The first-order valence-electron chi connectivity index (χ1n) is 9.65. The van der Waals surface area contributed by atoms with Crippen LogP contribution in [-0.2, 0) is 4.79 Å². The first-order valence-corrected chi connectivity index (χ1v) is 10.8. The van der Waals surface area contributed by atoms with Crippen LogP contribution in [0.25, 0.3) is 0 Å². The van der Waals surface area contributed by atoms with E-state index in [2.05, 4.69) is 26.5 Å². The number of ether oxygens (including phenoxy) is 2. The van der Waals surface area contributed by atoms with Gasteiger partial charge in [-0.3, -0.25) is 4.79 Å². The molecule has 0 saturated heterocycles. The maximum Gasteiger partial charge on any atom is 0.343 e. The van der Waals surface area contributed by atoms with Gasteiger partial charge in [-0.1, -0.05) is 51.3 Å². The number of hydrogen-bond acceptors (Lipinski definition) is 5. The zero-order valence-corrected chi connectivity index (χ0v) is 19.7. The number of rotatable bonds is 7. The van der Waals surface area contributed by atoms with E-state index in [1.165, 1.54) is 6.21 Å². The van der Waals surface area contributed by atoms with Crippen molar-refractivity contribution in [1.29, 1.82) is 0 Å². The minimum Gasteiger partial charge on any atom is -0.481 e. The van der Waals surface area contributed by atoms with Crippen LogP contribution >= 0.6 is 27.5 Å². The van der Waals surface area contributed by atoms with Crippen molar-refractivity contribution in [3.05, 3.63) is 92.9 Å². The molecule has 0 aromatic heterocycles. The third-order valence-electron chi connectivity index (χ3n) is 4.28. The molecule has 1 N–H and O–H groups in total. The van der Waals surface area contributed by atoms with Crippen molar-refractivity contribution in [2.45, 2.75) is 20.0 Å². The van der Waals surface area contributed by atoms with E-state index in [0.29, 0.717) is 27.6 Å². The van der Waals surface area contributed by atoms with Crippen molar-refractivity contribution in [3.63, 3.8) is 0 Å². The molecule has 0 saturated carbocycles. The van der Waals surface area contributed by atoms with Gasteiger partial charge in [0.05, 0.1) is 11.8 Å². The molecule has 1 atom stereocenters. The Kier molecular flexibility index (Phi) is 8.03. The van der Waals surface area contributed by atoms with Gasteiger partial charge in [0.1, 0.15) is 11.5 Å². The number of hydrogen-bond donors (Lipinski definition) is 1. The Morgan fingerprint density at radius 3 is 2.62 bits per heavy atom. The van der Waals surface area contributed by atoms with Crippen LogP contribution in [0.1, 0.15) is 28.4 Å². The highest BCUT2D eigenvalue weighted by atomic mass is 79.9. The Morgan fingerprint density at radius 2 is 1.88 bits per heavy atom. The summed E-state index contributed by atoms with van der Waals surface area (Å²) in [4.78, 5) is 24.8. The molecule has 1 amide bonds. The van der Waals surface area contributed by atoms with Crippen molar-refractivity contribution < 1.29 is 19.1 Å². The number of esters is 1. The fourth-order valence-corrected chi connectivity index (χ4v) is 3.26. The van der Waals surface area contributed by atoms with E-state index in [1.807, 2.05) is 13.0 Å². The molecule has 32 heavy (non-hydrogen) atoms.